The number of nitrogen functional groups attached to an aromatic ring is 2. The van der Waals surface area contributed by atoms with Crippen molar-refractivity contribution in [2.75, 3.05) is 44.7 Å². The molecule has 6 N–H and O–H groups in total. The molecule has 14 nitrogen and oxygen atoms in total. The number of aromatic nitrogens is 2. The third-order valence-corrected chi connectivity index (χ3v) is 14.3. The summed E-state index contributed by atoms with van der Waals surface area (Å²) in [5.41, 5.74) is 6.16. The average Bonchev–Trinajstić information content (AvgIpc) is 3.29. The predicted octanol–water partition coefficient (Wildman–Crippen LogP) is 6.68. The van der Waals surface area contributed by atoms with Gasteiger partial charge in [0.2, 0.25) is 9.84 Å². The number of pyridine rings is 2. The number of benzene rings is 4. The topological polar surface area (TPSA) is 209 Å². The standard InChI is InChI=1S/C47H45F6N7O7S2/c1-28-40(68(65)36-16-12-32(54)13-17-36)26-38(44(63)59(28)34-10-4-8-30(24-34)46(48,49)50)42(61)56-20-6-22-58(3)23-7-21-57-43(62)39-27-41(69(66,67)37-18-14-33(55)15-19-37)29(2)60(45(39)64)35-11-5-9-31(25-35)47(51,52)53/h4-5,8-19,24-27H,6-7,20-23,54-55H2,1-3H3,(H,56,61)(H,57,62). The van der Waals surface area contributed by atoms with Gasteiger partial charge in [-0.1, -0.05) is 12.1 Å². The minimum Gasteiger partial charge on any atom is -0.399 e. The fourth-order valence-electron chi connectivity index (χ4n) is 7.31. The number of nitrogens with zero attached hydrogens (tertiary/aromatic N) is 3. The third kappa shape index (κ3) is 11.6. The molecule has 0 saturated carbocycles. The van der Waals surface area contributed by atoms with E-state index in [1.165, 1.54) is 74.5 Å². The Morgan fingerprint density at radius 2 is 1.09 bits per heavy atom. The molecular formula is C47H45F6N7O7S2. The number of nitrogens with one attached hydrogen (secondary N) is 2. The van der Waals surface area contributed by atoms with Crippen LogP contribution in [0.3, 0.4) is 0 Å². The van der Waals surface area contributed by atoms with E-state index >= 15 is 0 Å². The number of halogens is 6. The number of nitrogens with two attached hydrogens (primary N) is 2. The Balaban J connectivity index is 1.13. The van der Waals surface area contributed by atoms with E-state index in [2.05, 4.69) is 10.6 Å². The molecule has 1 atom stereocenters. The van der Waals surface area contributed by atoms with Crippen LogP contribution >= 0.6 is 0 Å². The zero-order chi connectivity index (χ0) is 50.6. The first-order valence-corrected chi connectivity index (χ1v) is 23.5. The third-order valence-electron chi connectivity index (χ3n) is 10.9. The van der Waals surface area contributed by atoms with E-state index in [0.29, 0.717) is 37.7 Å². The van der Waals surface area contributed by atoms with Gasteiger partial charge in [-0.2, -0.15) is 26.3 Å². The number of carbonyl (C=O) groups is 2. The largest absolute Gasteiger partial charge is 0.416 e. The first-order chi connectivity index (χ1) is 32.4. The fourth-order valence-corrected chi connectivity index (χ4v) is 10.0. The summed E-state index contributed by atoms with van der Waals surface area (Å²) >= 11 is 0. The van der Waals surface area contributed by atoms with Gasteiger partial charge < -0.3 is 27.0 Å². The second-order valence-corrected chi connectivity index (χ2v) is 19.2. The van der Waals surface area contributed by atoms with Gasteiger partial charge >= 0.3 is 12.4 Å². The van der Waals surface area contributed by atoms with Crippen LogP contribution in [-0.4, -0.2) is 71.7 Å². The Morgan fingerprint density at radius 3 is 1.55 bits per heavy atom. The molecule has 0 aliphatic heterocycles. The summed E-state index contributed by atoms with van der Waals surface area (Å²) in [5, 5.41) is 5.21. The highest BCUT2D eigenvalue weighted by Crippen LogP contribution is 2.33. The molecule has 6 rings (SSSR count). The quantitative estimate of drug-likeness (QED) is 0.0460. The summed E-state index contributed by atoms with van der Waals surface area (Å²) in [4.78, 5) is 56.2. The first-order valence-electron chi connectivity index (χ1n) is 20.9. The van der Waals surface area contributed by atoms with Gasteiger partial charge in [0.05, 0.1) is 36.6 Å². The maximum Gasteiger partial charge on any atom is 0.416 e. The van der Waals surface area contributed by atoms with Crippen molar-refractivity contribution in [3.63, 3.8) is 0 Å². The van der Waals surface area contributed by atoms with Crippen molar-refractivity contribution in [2.45, 2.75) is 58.6 Å². The van der Waals surface area contributed by atoms with E-state index in [1.807, 2.05) is 4.90 Å². The summed E-state index contributed by atoms with van der Waals surface area (Å²) in [6.45, 7) is 3.37. The predicted molar refractivity (Wildman–Crippen MR) is 247 cm³/mol. The minimum atomic E-state index is -4.80. The number of anilines is 2. The van der Waals surface area contributed by atoms with Gasteiger partial charge in [-0.05, 0) is 144 Å². The van der Waals surface area contributed by atoms with E-state index in [9.17, 15) is 58.1 Å². The van der Waals surface area contributed by atoms with Crippen LogP contribution in [0.15, 0.2) is 138 Å². The first kappa shape index (κ1) is 51.4. The number of sulfone groups is 1. The zero-order valence-corrected chi connectivity index (χ0v) is 38.7. The number of alkyl halides is 6. The molecule has 0 aliphatic carbocycles. The van der Waals surface area contributed by atoms with Crippen LogP contribution in [0.25, 0.3) is 11.4 Å². The number of hydrogen-bond donors (Lipinski definition) is 4. The maximum absolute atomic E-state index is 13.9. The van der Waals surface area contributed by atoms with Crippen LogP contribution in [0.2, 0.25) is 0 Å². The highest BCUT2D eigenvalue weighted by atomic mass is 32.2. The molecule has 0 radical (unpaired) electrons. The molecule has 22 heteroatoms. The summed E-state index contributed by atoms with van der Waals surface area (Å²) in [5.74, 6) is -1.85. The highest BCUT2D eigenvalue weighted by Gasteiger charge is 2.33. The molecule has 6 aromatic rings. The summed E-state index contributed by atoms with van der Waals surface area (Å²) in [6.07, 6.45) is -8.92. The van der Waals surface area contributed by atoms with Gasteiger partial charge in [0, 0.05) is 52.1 Å². The van der Waals surface area contributed by atoms with Gasteiger partial charge in [-0.3, -0.25) is 28.3 Å². The average molecular weight is 998 g/mol. The van der Waals surface area contributed by atoms with Crippen molar-refractivity contribution in [2.24, 2.45) is 0 Å². The lowest BCUT2D eigenvalue weighted by Crippen LogP contribution is -2.36. The lowest BCUT2D eigenvalue weighted by atomic mass is 10.1. The molecule has 69 heavy (non-hydrogen) atoms. The molecule has 364 valence electrons. The van der Waals surface area contributed by atoms with Crippen molar-refractivity contribution in [1.82, 2.24) is 24.7 Å². The molecule has 0 spiro atoms. The Hall–Kier alpha value is -7.04. The number of amides is 2. The highest BCUT2D eigenvalue weighted by molar-refractivity contribution is 7.91. The normalized spacial score (nSPS) is 12.5. The van der Waals surface area contributed by atoms with Crippen molar-refractivity contribution in [3.05, 3.63) is 164 Å². The van der Waals surface area contributed by atoms with E-state index in [0.717, 1.165) is 51.6 Å². The molecule has 2 amide bonds. The molecule has 2 aromatic heterocycles. The zero-order valence-electron chi connectivity index (χ0n) is 37.1. The number of carbonyl (C=O) groups excluding carboxylic acids is 2. The number of hydrogen-bond acceptors (Lipinski definition) is 10. The van der Waals surface area contributed by atoms with E-state index in [1.54, 1.807) is 7.05 Å². The van der Waals surface area contributed by atoms with Crippen molar-refractivity contribution in [3.8, 4) is 11.4 Å². The molecule has 0 aliphatic rings. The Bertz CT molecular complexity index is 3180. The van der Waals surface area contributed by atoms with Crippen molar-refractivity contribution >= 4 is 43.8 Å². The molecule has 1 unspecified atom stereocenters. The second-order valence-electron chi connectivity index (χ2n) is 15.8. The van der Waals surface area contributed by atoms with Crippen LogP contribution in [-0.2, 0) is 33.0 Å². The summed E-state index contributed by atoms with van der Waals surface area (Å²) in [7, 11) is -4.72. The van der Waals surface area contributed by atoms with Gasteiger partial charge in [0.1, 0.15) is 11.1 Å². The number of rotatable bonds is 16. The molecule has 0 bridgehead atoms. The molecular weight excluding hydrogens is 953 g/mol. The van der Waals surface area contributed by atoms with E-state index < -0.39 is 83.1 Å². The van der Waals surface area contributed by atoms with E-state index in [-0.39, 0.29) is 56.2 Å². The second kappa shape index (κ2) is 20.7. The molecule has 0 fully saturated rings. The Kier molecular flexibility index (Phi) is 15.4. The van der Waals surface area contributed by atoms with Gasteiger partial charge in [0.15, 0.2) is 0 Å². The van der Waals surface area contributed by atoms with Gasteiger partial charge in [-0.15, -0.1) is 0 Å². The summed E-state index contributed by atoms with van der Waals surface area (Å²) in [6, 6.07) is 20.7. The minimum absolute atomic E-state index is 0.00108. The van der Waals surface area contributed by atoms with Gasteiger partial charge in [0.25, 0.3) is 22.9 Å². The SMILES string of the molecule is Cc1c(S(=O)c2ccc(N)cc2)cc(C(=O)NCCCN(C)CCCNC(=O)c2cc(S(=O)(=O)c3ccc(N)cc3)c(C)n(-c3cccc(C(F)(F)F)c3)c2=O)c(=O)n1-c1cccc(C(F)(F)F)c1. The lowest BCUT2D eigenvalue weighted by molar-refractivity contribution is -0.138. The monoisotopic (exact) mass is 997 g/mol. The molecule has 2 heterocycles. The molecule has 4 aromatic carbocycles. The smallest absolute Gasteiger partial charge is 0.399 e. The van der Waals surface area contributed by atoms with Gasteiger partial charge in [-0.25, -0.2) is 12.6 Å². The van der Waals surface area contributed by atoms with E-state index in [4.69, 9.17) is 11.5 Å². The summed E-state index contributed by atoms with van der Waals surface area (Å²) < 4.78 is 125. The fraction of sp³-hybridized carbons (Fsp3) is 0.234. The van der Waals surface area contributed by atoms with Crippen LogP contribution < -0.4 is 33.2 Å². The lowest BCUT2D eigenvalue weighted by Gasteiger charge is -2.19. The molecule has 0 saturated heterocycles. The van der Waals surface area contributed by atoms with Crippen LogP contribution in [0.1, 0.15) is 56.1 Å². The van der Waals surface area contributed by atoms with Crippen molar-refractivity contribution < 1.29 is 48.6 Å². The van der Waals surface area contributed by atoms with Crippen molar-refractivity contribution in [1.29, 1.82) is 0 Å². The van der Waals surface area contributed by atoms with Crippen LogP contribution in [0.4, 0.5) is 37.7 Å². The maximum atomic E-state index is 13.9. The van der Waals surface area contributed by atoms with Crippen LogP contribution in [0.5, 0.6) is 0 Å². The van der Waals surface area contributed by atoms with Crippen LogP contribution in [0, 0.1) is 13.8 Å². The Labute approximate surface area is 393 Å². The Morgan fingerprint density at radius 1 is 0.652 bits per heavy atom.